The number of hydrogen-bond donors (Lipinski definition) is 5. The van der Waals surface area contributed by atoms with Crippen LogP contribution in [-0.4, -0.2) is 32.1 Å². The van der Waals surface area contributed by atoms with Crippen molar-refractivity contribution in [2.45, 2.75) is 19.4 Å². The average Bonchev–Trinajstić information content (AvgIpc) is 3.59. The van der Waals surface area contributed by atoms with Gasteiger partial charge in [-0.25, -0.2) is 0 Å². The second-order valence-electron chi connectivity index (χ2n) is 8.09. The van der Waals surface area contributed by atoms with E-state index in [0.29, 0.717) is 6.42 Å². The highest BCUT2D eigenvalue weighted by Crippen LogP contribution is 2.18. The fraction of sp³-hybridized carbons (Fsp3) is 0.107. The van der Waals surface area contributed by atoms with Gasteiger partial charge in [0.1, 0.15) is 6.04 Å². The summed E-state index contributed by atoms with van der Waals surface area (Å²) < 4.78 is 0. The van der Waals surface area contributed by atoms with Gasteiger partial charge in [0.2, 0.25) is 0 Å². The van der Waals surface area contributed by atoms with E-state index in [4.69, 9.17) is 10.8 Å². The summed E-state index contributed by atoms with van der Waals surface area (Å²) in [6, 6.07) is 25.5. The third kappa shape index (κ3) is 5.36. The molecule has 0 spiro atoms. The Bertz CT molecular complexity index is 1480. The van der Waals surface area contributed by atoms with Gasteiger partial charge in [0, 0.05) is 52.3 Å². The molecule has 0 radical (unpaired) electrons. The van der Waals surface area contributed by atoms with Crippen molar-refractivity contribution in [2.24, 2.45) is 5.73 Å². The SMILES string of the molecule is Cc1c[nH]c2ccccc12.NC(Cc1c[nH]c2ccccc12)C(=O)O.c1ccc2[nH]ccc2c1. The van der Waals surface area contributed by atoms with Gasteiger partial charge in [0.15, 0.2) is 0 Å². The number of rotatable bonds is 3. The molecule has 34 heavy (non-hydrogen) atoms. The Morgan fingerprint density at radius 3 is 2.06 bits per heavy atom. The zero-order valence-corrected chi connectivity index (χ0v) is 19.0. The van der Waals surface area contributed by atoms with E-state index >= 15 is 0 Å². The molecule has 0 aliphatic heterocycles. The van der Waals surface area contributed by atoms with E-state index in [-0.39, 0.29) is 0 Å². The summed E-state index contributed by atoms with van der Waals surface area (Å²) in [7, 11) is 0. The number of aryl methyl sites for hydroxylation is 1. The van der Waals surface area contributed by atoms with E-state index in [1.165, 1.54) is 27.4 Å². The van der Waals surface area contributed by atoms with Crippen LogP contribution in [0.2, 0.25) is 0 Å². The first kappa shape index (κ1) is 22.9. The quantitative estimate of drug-likeness (QED) is 0.235. The summed E-state index contributed by atoms with van der Waals surface area (Å²) in [5.74, 6) is -0.972. The van der Waals surface area contributed by atoms with Gasteiger partial charge in [-0.05, 0) is 47.7 Å². The first-order chi connectivity index (χ1) is 16.5. The summed E-state index contributed by atoms with van der Waals surface area (Å²) in [5.41, 5.74) is 11.2. The summed E-state index contributed by atoms with van der Waals surface area (Å²) in [6.45, 7) is 2.11. The maximum absolute atomic E-state index is 10.6. The average molecular weight is 453 g/mol. The number of H-pyrrole nitrogens is 3. The van der Waals surface area contributed by atoms with Crippen LogP contribution in [0.25, 0.3) is 32.7 Å². The molecule has 3 aromatic heterocycles. The Labute approximate surface area is 197 Å². The molecule has 6 nitrogen and oxygen atoms in total. The molecule has 6 aromatic rings. The van der Waals surface area contributed by atoms with Crippen LogP contribution in [0.3, 0.4) is 0 Å². The Kier molecular flexibility index (Phi) is 7.10. The van der Waals surface area contributed by atoms with E-state index in [2.05, 4.69) is 58.3 Å². The number of hydrogen-bond acceptors (Lipinski definition) is 2. The number of aliphatic carboxylic acids is 1. The fourth-order valence-electron chi connectivity index (χ4n) is 3.84. The number of benzene rings is 3. The monoisotopic (exact) mass is 452 g/mol. The molecule has 1 unspecified atom stereocenters. The van der Waals surface area contributed by atoms with Crippen LogP contribution < -0.4 is 5.73 Å². The molecule has 0 saturated carbocycles. The molecule has 0 amide bonds. The molecule has 0 saturated heterocycles. The van der Waals surface area contributed by atoms with Gasteiger partial charge in [-0.1, -0.05) is 54.6 Å². The van der Waals surface area contributed by atoms with Gasteiger partial charge in [0.25, 0.3) is 0 Å². The summed E-state index contributed by atoms with van der Waals surface area (Å²) in [6.07, 6.45) is 6.14. The van der Waals surface area contributed by atoms with E-state index in [1.807, 2.05) is 61.1 Å². The highest BCUT2D eigenvalue weighted by Gasteiger charge is 2.14. The molecule has 0 bridgehead atoms. The third-order valence-corrected chi connectivity index (χ3v) is 5.69. The minimum Gasteiger partial charge on any atom is -0.480 e. The highest BCUT2D eigenvalue weighted by molar-refractivity contribution is 5.84. The lowest BCUT2D eigenvalue weighted by Gasteiger charge is -2.04. The first-order valence-electron chi connectivity index (χ1n) is 11.1. The lowest BCUT2D eigenvalue weighted by molar-refractivity contribution is -0.138. The van der Waals surface area contributed by atoms with Crippen molar-refractivity contribution in [2.75, 3.05) is 0 Å². The van der Waals surface area contributed by atoms with Crippen LogP contribution in [0.5, 0.6) is 0 Å². The molecule has 172 valence electrons. The lowest BCUT2D eigenvalue weighted by atomic mass is 10.1. The molecule has 6 rings (SSSR count). The van der Waals surface area contributed by atoms with Crippen molar-refractivity contribution in [3.05, 3.63) is 109 Å². The van der Waals surface area contributed by atoms with Crippen LogP contribution in [0.15, 0.2) is 97.5 Å². The molecule has 0 aliphatic rings. The summed E-state index contributed by atoms with van der Waals surface area (Å²) in [4.78, 5) is 20.0. The van der Waals surface area contributed by atoms with E-state index < -0.39 is 12.0 Å². The summed E-state index contributed by atoms with van der Waals surface area (Å²) >= 11 is 0. The predicted molar refractivity (Wildman–Crippen MR) is 139 cm³/mol. The number of carboxylic acid groups (broad SMARTS) is 1. The Morgan fingerprint density at radius 2 is 1.38 bits per heavy atom. The Morgan fingerprint density at radius 1 is 0.794 bits per heavy atom. The second kappa shape index (κ2) is 10.6. The lowest BCUT2D eigenvalue weighted by Crippen LogP contribution is -2.32. The number of carbonyl (C=O) groups is 1. The van der Waals surface area contributed by atoms with Gasteiger partial charge >= 0.3 is 5.97 Å². The predicted octanol–water partition coefficient (Wildman–Crippen LogP) is 5.77. The van der Waals surface area contributed by atoms with Crippen LogP contribution >= 0.6 is 0 Å². The summed E-state index contributed by atoms with van der Waals surface area (Å²) in [5, 5.41) is 12.4. The number of nitrogens with one attached hydrogen (secondary N) is 3. The first-order valence-corrected chi connectivity index (χ1v) is 11.1. The van der Waals surface area contributed by atoms with Gasteiger partial charge in [-0.15, -0.1) is 0 Å². The van der Waals surface area contributed by atoms with Crippen molar-refractivity contribution in [1.29, 1.82) is 0 Å². The molecule has 6 heteroatoms. The zero-order chi connectivity index (χ0) is 23.9. The Balaban J connectivity index is 0.000000126. The number of nitrogens with two attached hydrogens (primary N) is 1. The van der Waals surface area contributed by atoms with Crippen LogP contribution in [0.1, 0.15) is 11.1 Å². The van der Waals surface area contributed by atoms with Crippen molar-refractivity contribution in [3.63, 3.8) is 0 Å². The molecule has 1 atom stereocenters. The minimum atomic E-state index is -0.972. The Hall–Kier alpha value is -4.29. The topological polar surface area (TPSA) is 111 Å². The van der Waals surface area contributed by atoms with Gasteiger partial charge in [-0.3, -0.25) is 4.79 Å². The number of carboxylic acids is 1. The second-order valence-corrected chi connectivity index (χ2v) is 8.09. The molecule has 0 fully saturated rings. The van der Waals surface area contributed by atoms with Gasteiger partial charge < -0.3 is 25.8 Å². The maximum Gasteiger partial charge on any atom is 0.320 e. The van der Waals surface area contributed by atoms with Crippen molar-refractivity contribution >= 4 is 38.7 Å². The fourth-order valence-corrected chi connectivity index (χ4v) is 3.84. The van der Waals surface area contributed by atoms with E-state index in [9.17, 15) is 4.79 Å². The smallest absolute Gasteiger partial charge is 0.320 e. The molecule has 0 aliphatic carbocycles. The van der Waals surface area contributed by atoms with Crippen molar-refractivity contribution < 1.29 is 9.90 Å². The normalized spacial score (nSPS) is 11.5. The van der Waals surface area contributed by atoms with Crippen molar-refractivity contribution in [1.82, 2.24) is 15.0 Å². The molecule has 6 N–H and O–H groups in total. The molecular formula is C28H28N4O2. The molecule has 3 aromatic carbocycles. The number of para-hydroxylation sites is 3. The van der Waals surface area contributed by atoms with Crippen molar-refractivity contribution in [3.8, 4) is 0 Å². The van der Waals surface area contributed by atoms with Crippen LogP contribution in [-0.2, 0) is 11.2 Å². The maximum atomic E-state index is 10.6. The van der Waals surface area contributed by atoms with Gasteiger partial charge in [-0.2, -0.15) is 0 Å². The van der Waals surface area contributed by atoms with E-state index in [0.717, 1.165) is 16.5 Å². The molecular weight excluding hydrogens is 424 g/mol. The van der Waals surface area contributed by atoms with Crippen LogP contribution in [0.4, 0.5) is 0 Å². The van der Waals surface area contributed by atoms with Gasteiger partial charge in [0.05, 0.1) is 0 Å². The largest absolute Gasteiger partial charge is 0.480 e. The minimum absolute atomic E-state index is 0.347. The number of aromatic amines is 3. The van der Waals surface area contributed by atoms with Crippen LogP contribution in [0, 0.1) is 6.92 Å². The van der Waals surface area contributed by atoms with E-state index in [1.54, 1.807) is 0 Å². The molecule has 3 heterocycles. The standard InChI is InChI=1S/C11H12N2O2.C9H9N.C8H7N/c12-9(11(14)15)5-7-6-13-10-4-2-1-3-8(7)10;1-7-6-10-9-5-3-2-4-8(7)9;1-2-4-8-7(3-1)5-6-9-8/h1-4,6,9,13H,5,12H2,(H,14,15);2-6,10H,1H3;1-6,9H. The highest BCUT2D eigenvalue weighted by atomic mass is 16.4. The number of fused-ring (bicyclic) bond motifs is 3. The number of aromatic nitrogens is 3. The zero-order valence-electron chi connectivity index (χ0n) is 19.0. The third-order valence-electron chi connectivity index (χ3n) is 5.69.